The second-order valence-corrected chi connectivity index (χ2v) is 3.92. The van der Waals surface area contributed by atoms with Crippen LogP contribution in [0.25, 0.3) is 0 Å². The highest BCUT2D eigenvalue weighted by Crippen LogP contribution is 2.14. The molecule has 1 aromatic carbocycles. The summed E-state index contributed by atoms with van der Waals surface area (Å²) in [6.07, 6.45) is 0. The van der Waals surface area contributed by atoms with Gasteiger partial charge in [0.1, 0.15) is 5.75 Å². The zero-order chi connectivity index (χ0) is 12.8. The van der Waals surface area contributed by atoms with Crippen LogP contribution < -0.4 is 4.74 Å². The number of esters is 1. The highest BCUT2D eigenvalue weighted by molar-refractivity contribution is 7.74. The van der Waals surface area contributed by atoms with Crippen molar-refractivity contribution in [1.82, 2.24) is 0 Å². The molecule has 17 heavy (non-hydrogen) atoms. The van der Waals surface area contributed by atoms with Gasteiger partial charge in [-0.05, 0) is 24.6 Å². The first kappa shape index (κ1) is 13.6. The summed E-state index contributed by atoms with van der Waals surface area (Å²) in [4.78, 5) is 11.2. The van der Waals surface area contributed by atoms with E-state index in [1.165, 1.54) is 0 Å². The third kappa shape index (κ3) is 4.90. The number of hydrogen-bond donors (Lipinski definition) is 0. The van der Waals surface area contributed by atoms with E-state index in [1.807, 2.05) is 0 Å². The van der Waals surface area contributed by atoms with E-state index in [0.717, 1.165) is 0 Å². The van der Waals surface area contributed by atoms with Crippen LogP contribution in [0.1, 0.15) is 12.5 Å². The third-order valence-electron chi connectivity index (χ3n) is 1.80. The minimum Gasteiger partial charge on any atom is -0.750 e. The molecular formula is C11H11O5S-. The summed E-state index contributed by atoms with van der Waals surface area (Å²) >= 11 is -2.53. The Balaban J connectivity index is 2.58. The van der Waals surface area contributed by atoms with E-state index < -0.39 is 17.3 Å². The molecule has 1 atom stereocenters. The molecule has 92 valence electrons. The van der Waals surface area contributed by atoms with Crippen LogP contribution in [0.3, 0.4) is 0 Å². The summed E-state index contributed by atoms with van der Waals surface area (Å²) < 4.78 is 29.7. The Kier molecular flexibility index (Phi) is 5.02. The molecule has 0 heterocycles. The molecule has 0 aliphatic rings. The Bertz CT molecular complexity index is 438. The molecule has 0 radical (unpaired) electrons. The van der Waals surface area contributed by atoms with Crippen molar-refractivity contribution in [2.45, 2.75) is 13.5 Å². The second kappa shape index (κ2) is 6.29. The normalized spacial score (nSPS) is 11.9. The predicted molar refractivity (Wildman–Crippen MR) is 60.6 cm³/mol. The number of carbonyl (C=O) groups is 1. The van der Waals surface area contributed by atoms with Gasteiger partial charge < -0.3 is 9.29 Å². The lowest BCUT2D eigenvalue weighted by Gasteiger charge is -2.07. The molecule has 0 saturated carbocycles. The van der Waals surface area contributed by atoms with Crippen LogP contribution in [0.4, 0.5) is 0 Å². The summed E-state index contributed by atoms with van der Waals surface area (Å²) in [5.74, 6) is -0.139. The maximum atomic E-state index is 11.2. The third-order valence-corrected chi connectivity index (χ3v) is 2.11. The summed E-state index contributed by atoms with van der Waals surface area (Å²) in [6, 6.07) is 6.31. The van der Waals surface area contributed by atoms with Crippen molar-refractivity contribution in [2.75, 3.05) is 0 Å². The molecule has 0 aromatic heterocycles. The van der Waals surface area contributed by atoms with Gasteiger partial charge in [-0.1, -0.05) is 18.7 Å². The topological polar surface area (TPSA) is 75.7 Å². The Morgan fingerprint density at radius 1 is 1.41 bits per heavy atom. The molecule has 0 aliphatic heterocycles. The molecule has 0 fully saturated rings. The van der Waals surface area contributed by atoms with Gasteiger partial charge in [-0.3, -0.25) is 4.18 Å². The van der Waals surface area contributed by atoms with Gasteiger partial charge in [-0.25, -0.2) is 9.00 Å². The number of benzene rings is 1. The van der Waals surface area contributed by atoms with Crippen molar-refractivity contribution in [1.29, 1.82) is 0 Å². The Hall–Kier alpha value is -1.50. The summed E-state index contributed by atoms with van der Waals surface area (Å²) in [5, 5.41) is 0. The molecular weight excluding hydrogens is 244 g/mol. The molecule has 1 rings (SSSR count). The average Bonchev–Trinajstić information content (AvgIpc) is 2.28. The minimum absolute atomic E-state index is 0.0508. The van der Waals surface area contributed by atoms with Crippen LogP contribution >= 0.6 is 0 Å². The molecule has 0 N–H and O–H groups in total. The van der Waals surface area contributed by atoms with Crippen molar-refractivity contribution in [2.24, 2.45) is 0 Å². The number of rotatable bonds is 5. The van der Waals surface area contributed by atoms with Gasteiger partial charge in [0.25, 0.3) is 0 Å². The first-order valence-electron chi connectivity index (χ1n) is 4.68. The molecule has 5 nitrogen and oxygen atoms in total. The number of carbonyl (C=O) groups excluding carboxylic acids is 1. The van der Waals surface area contributed by atoms with E-state index in [0.29, 0.717) is 16.9 Å². The van der Waals surface area contributed by atoms with Crippen LogP contribution in [-0.2, 0) is 26.9 Å². The zero-order valence-electron chi connectivity index (χ0n) is 9.17. The molecule has 1 aromatic rings. The van der Waals surface area contributed by atoms with Crippen molar-refractivity contribution >= 4 is 17.3 Å². The van der Waals surface area contributed by atoms with Gasteiger partial charge in [-0.15, -0.1) is 0 Å². The summed E-state index contributed by atoms with van der Waals surface area (Å²) in [7, 11) is 0. The lowest BCUT2D eigenvalue weighted by Crippen LogP contribution is -2.08. The second-order valence-electron chi connectivity index (χ2n) is 3.28. The van der Waals surface area contributed by atoms with E-state index in [2.05, 4.69) is 10.8 Å². The van der Waals surface area contributed by atoms with Gasteiger partial charge in [0.15, 0.2) is 0 Å². The van der Waals surface area contributed by atoms with Crippen LogP contribution in [0, 0.1) is 0 Å². The quantitative estimate of drug-likeness (QED) is 0.345. The minimum atomic E-state index is -2.53. The molecule has 0 aliphatic carbocycles. The fraction of sp³-hybridized carbons (Fsp3) is 0.182. The molecule has 1 unspecified atom stereocenters. The van der Waals surface area contributed by atoms with Crippen molar-refractivity contribution in [3.8, 4) is 5.75 Å². The maximum absolute atomic E-state index is 11.2. The summed E-state index contributed by atoms with van der Waals surface area (Å²) in [6.45, 7) is 4.95. The van der Waals surface area contributed by atoms with Gasteiger partial charge in [0.2, 0.25) is 0 Å². The summed E-state index contributed by atoms with van der Waals surface area (Å²) in [5.41, 5.74) is 0.962. The largest absolute Gasteiger partial charge is 0.750 e. The zero-order valence-corrected chi connectivity index (χ0v) is 9.99. The van der Waals surface area contributed by atoms with Gasteiger partial charge >= 0.3 is 5.97 Å². The fourth-order valence-electron chi connectivity index (χ4n) is 0.964. The molecule has 0 spiro atoms. The Morgan fingerprint density at radius 3 is 2.47 bits per heavy atom. The first-order chi connectivity index (χ1) is 7.99. The van der Waals surface area contributed by atoms with Crippen molar-refractivity contribution in [3.05, 3.63) is 42.0 Å². The Morgan fingerprint density at radius 2 is 2.00 bits per heavy atom. The van der Waals surface area contributed by atoms with Gasteiger partial charge in [0, 0.05) is 5.57 Å². The van der Waals surface area contributed by atoms with E-state index in [9.17, 15) is 13.6 Å². The van der Waals surface area contributed by atoms with Crippen molar-refractivity contribution < 1.29 is 22.5 Å². The lowest BCUT2D eigenvalue weighted by molar-refractivity contribution is -0.130. The number of hydrogen-bond acceptors (Lipinski definition) is 5. The van der Waals surface area contributed by atoms with Crippen LogP contribution in [0.2, 0.25) is 0 Å². The molecule has 0 bridgehead atoms. The van der Waals surface area contributed by atoms with Gasteiger partial charge in [-0.2, -0.15) is 0 Å². The highest BCUT2D eigenvalue weighted by Gasteiger charge is 2.04. The van der Waals surface area contributed by atoms with E-state index in [4.69, 9.17) is 4.74 Å². The monoisotopic (exact) mass is 255 g/mol. The Labute approximate surface area is 102 Å². The SMILES string of the molecule is C=C(C)C(=O)Oc1ccc(COS(=O)[O-])cc1. The maximum Gasteiger partial charge on any atom is 0.338 e. The molecule has 6 heteroatoms. The molecule has 0 saturated heterocycles. The van der Waals surface area contributed by atoms with Gasteiger partial charge in [0.05, 0.1) is 18.0 Å². The lowest BCUT2D eigenvalue weighted by atomic mass is 10.2. The number of ether oxygens (including phenoxy) is 1. The smallest absolute Gasteiger partial charge is 0.338 e. The van der Waals surface area contributed by atoms with E-state index in [-0.39, 0.29) is 6.61 Å². The van der Waals surface area contributed by atoms with Crippen LogP contribution in [0.15, 0.2) is 36.4 Å². The van der Waals surface area contributed by atoms with Crippen LogP contribution in [-0.4, -0.2) is 14.7 Å². The first-order valence-corrected chi connectivity index (χ1v) is 5.68. The highest BCUT2D eigenvalue weighted by atomic mass is 32.2. The fourth-order valence-corrected chi connectivity index (χ4v) is 1.20. The molecule has 0 amide bonds. The van der Waals surface area contributed by atoms with Crippen LogP contribution in [0.5, 0.6) is 5.75 Å². The predicted octanol–water partition coefficient (Wildman–Crippen LogP) is 1.48. The standard InChI is InChI=1S/C11H12O5S/c1-8(2)11(12)16-10-5-3-9(4-6-10)7-15-17(13)14/h3-6H,1,7H2,2H3,(H,13,14)/p-1. The van der Waals surface area contributed by atoms with E-state index >= 15 is 0 Å². The van der Waals surface area contributed by atoms with E-state index in [1.54, 1.807) is 31.2 Å². The average molecular weight is 255 g/mol. The van der Waals surface area contributed by atoms with Crippen molar-refractivity contribution in [3.63, 3.8) is 0 Å².